The summed E-state index contributed by atoms with van der Waals surface area (Å²) in [5, 5.41) is 2.77. The Morgan fingerprint density at radius 1 is 1.39 bits per heavy atom. The molecule has 6 nitrogen and oxygen atoms in total. The van der Waals surface area contributed by atoms with Gasteiger partial charge < -0.3 is 16.0 Å². The van der Waals surface area contributed by atoms with Crippen LogP contribution in [0.5, 0.6) is 0 Å². The lowest BCUT2D eigenvalue weighted by molar-refractivity contribution is 0.0785. The molecular formula is C17H24N4O2. The number of nitrogens with two attached hydrogens (primary N) is 1. The molecule has 2 fully saturated rings. The van der Waals surface area contributed by atoms with Gasteiger partial charge >= 0.3 is 6.03 Å². The average Bonchev–Trinajstić information content (AvgIpc) is 3.14. The average molecular weight is 316 g/mol. The molecule has 2 aliphatic heterocycles. The van der Waals surface area contributed by atoms with Crippen molar-refractivity contribution in [2.24, 2.45) is 11.7 Å². The predicted octanol–water partition coefficient (Wildman–Crippen LogP) is 1.42. The van der Waals surface area contributed by atoms with Gasteiger partial charge in [-0.05, 0) is 30.5 Å². The minimum Gasteiger partial charge on any atom is -0.337 e. The molecule has 2 saturated heterocycles. The normalized spacial score (nSPS) is 24.2. The summed E-state index contributed by atoms with van der Waals surface area (Å²) in [7, 11) is 0. The van der Waals surface area contributed by atoms with E-state index in [0.717, 1.165) is 25.1 Å². The summed E-state index contributed by atoms with van der Waals surface area (Å²) in [4.78, 5) is 28.0. The minimum atomic E-state index is -0.110. The Morgan fingerprint density at radius 3 is 2.91 bits per heavy atom. The van der Waals surface area contributed by atoms with Crippen LogP contribution in [0.15, 0.2) is 24.3 Å². The maximum absolute atomic E-state index is 12.7. The molecule has 0 spiro atoms. The fourth-order valence-electron chi connectivity index (χ4n) is 3.45. The van der Waals surface area contributed by atoms with Crippen LogP contribution in [-0.2, 0) is 0 Å². The Morgan fingerprint density at radius 2 is 2.22 bits per heavy atom. The summed E-state index contributed by atoms with van der Waals surface area (Å²) in [5.74, 6) is 0.386. The van der Waals surface area contributed by atoms with E-state index in [4.69, 9.17) is 5.73 Å². The number of carbonyl (C=O) groups is 2. The highest BCUT2D eigenvalue weighted by Gasteiger charge is 2.33. The number of nitrogens with zero attached hydrogens (tertiary/aromatic N) is 2. The molecule has 0 aromatic heterocycles. The summed E-state index contributed by atoms with van der Waals surface area (Å²) in [6.07, 6.45) is 2.14. The maximum Gasteiger partial charge on any atom is 0.321 e. The second-order valence-electron chi connectivity index (χ2n) is 6.36. The van der Waals surface area contributed by atoms with E-state index in [-0.39, 0.29) is 18.0 Å². The molecule has 6 heteroatoms. The number of anilines is 1. The van der Waals surface area contributed by atoms with Gasteiger partial charge in [0, 0.05) is 43.5 Å². The van der Waals surface area contributed by atoms with Crippen molar-refractivity contribution in [2.45, 2.75) is 25.8 Å². The number of hydrogen-bond donors (Lipinski definition) is 2. The smallest absolute Gasteiger partial charge is 0.321 e. The highest BCUT2D eigenvalue weighted by Crippen LogP contribution is 2.24. The summed E-state index contributed by atoms with van der Waals surface area (Å²) in [6, 6.07) is 7.24. The van der Waals surface area contributed by atoms with Gasteiger partial charge in [0.15, 0.2) is 0 Å². The first-order valence-electron chi connectivity index (χ1n) is 8.30. The second kappa shape index (κ2) is 6.58. The maximum atomic E-state index is 12.7. The Labute approximate surface area is 136 Å². The molecule has 0 aliphatic carbocycles. The Hall–Kier alpha value is -2.08. The van der Waals surface area contributed by atoms with Gasteiger partial charge in [-0.3, -0.25) is 9.69 Å². The van der Waals surface area contributed by atoms with Crippen LogP contribution < -0.4 is 16.0 Å². The first-order chi connectivity index (χ1) is 11.1. The molecular weight excluding hydrogens is 292 g/mol. The standard InChI is InChI=1S/C17H24N4O2/c1-2-4-13-10-20(11-15(13)18)16(22)12-5-3-6-14(9-12)21-8-7-19-17(21)23/h3,5-6,9,13,15H,2,4,7-8,10-11,18H2,1H3,(H,19,23)/t13-,15-/m0/s1. The van der Waals surface area contributed by atoms with Crippen molar-refractivity contribution < 1.29 is 9.59 Å². The van der Waals surface area contributed by atoms with E-state index in [1.807, 2.05) is 17.0 Å². The van der Waals surface area contributed by atoms with Crippen molar-refractivity contribution in [3.8, 4) is 0 Å². The van der Waals surface area contributed by atoms with Crippen LogP contribution in [0.3, 0.4) is 0 Å². The van der Waals surface area contributed by atoms with Crippen LogP contribution in [0.4, 0.5) is 10.5 Å². The lowest BCUT2D eigenvalue weighted by Gasteiger charge is -2.19. The van der Waals surface area contributed by atoms with Crippen molar-refractivity contribution in [1.29, 1.82) is 0 Å². The van der Waals surface area contributed by atoms with E-state index < -0.39 is 0 Å². The third kappa shape index (κ3) is 3.17. The van der Waals surface area contributed by atoms with Gasteiger partial charge in [0.25, 0.3) is 5.91 Å². The van der Waals surface area contributed by atoms with Crippen molar-refractivity contribution in [2.75, 3.05) is 31.1 Å². The third-order valence-corrected chi connectivity index (χ3v) is 4.70. The van der Waals surface area contributed by atoms with Gasteiger partial charge in [-0.1, -0.05) is 19.4 Å². The number of benzene rings is 1. The second-order valence-corrected chi connectivity index (χ2v) is 6.36. The zero-order valence-electron chi connectivity index (χ0n) is 13.5. The van der Waals surface area contributed by atoms with Gasteiger partial charge in [-0.25, -0.2) is 4.79 Å². The molecule has 2 atom stereocenters. The first-order valence-corrected chi connectivity index (χ1v) is 8.30. The van der Waals surface area contributed by atoms with Crippen LogP contribution in [-0.4, -0.2) is 49.1 Å². The van der Waals surface area contributed by atoms with E-state index in [0.29, 0.717) is 31.1 Å². The lowest BCUT2D eigenvalue weighted by atomic mass is 9.99. The summed E-state index contributed by atoms with van der Waals surface area (Å²) >= 11 is 0. The van der Waals surface area contributed by atoms with Crippen molar-refractivity contribution >= 4 is 17.6 Å². The molecule has 0 bridgehead atoms. The molecule has 2 heterocycles. The van der Waals surface area contributed by atoms with Crippen LogP contribution in [0, 0.1) is 5.92 Å². The summed E-state index contributed by atoms with van der Waals surface area (Å²) in [6.45, 7) is 4.74. The van der Waals surface area contributed by atoms with Gasteiger partial charge in [0.05, 0.1) is 0 Å². The van der Waals surface area contributed by atoms with Crippen molar-refractivity contribution in [3.05, 3.63) is 29.8 Å². The zero-order valence-corrected chi connectivity index (χ0v) is 13.5. The predicted molar refractivity (Wildman–Crippen MR) is 89.5 cm³/mol. The Balaban J connectivity index is 1.74. The minimum absolute atomic E-state index is 0.000471. The third-order valence-electron chi connectivity index (χ3n) is 4.70. The number of likely N-dealkylation sites (tertiary alicyclic amines) is 1. The number of urea groups is 1. The Bertz CT molecular complexity index is 604. The van der Waals surface area contributed by atoms with E-state index in [1.165, 1.54) is 0 Å². The quantitative estimate of drug-likeness (QED) is 0.881. The van der Waals surface area contributed by atoms with Gasteiger partial charge in [-0.2, -0.15) is 0 Å². The fraction of sp³-hybridized carbons (Fsp3) is 0.529. The van der Waals surface area contributed by atoms with Crippen LogP contribution in [0.2, 0.25) is 0 Å². The van der Waals surface area contributed by atoms with Crippen LogP contribution in [0.25, 0.3) is 0 Å². The van der Waals surface area contributed by atoms with Gasteiger partial charge in [-0.15, -0.1) is 0 Å². The highest BCUT2D eigenvalue weighted by molar-refractivity contribution is 5.98. The molecule has 3 amide bonds. The largest absolute Gasteiger partial charge is 0.337 e. The molecule has 3 N–H and O–H groups in total. The highest BCUT2D eigenvalue weighted by atomic mass is 16.2. The first kappa shape index (κ1) is 15.8. The van der Waals surface area contributed by atoms with Crippen molar-refractivity contribution in [3.63, 3.8) is 0 Å². The lowest BCUT2D eigenvalue weighted by Crippen LogP contribution is -2.32. The zero-order chi connectivity index (χ0) is 16.4. The molecule has 1 aromatic carbocycles. The van der Waals surface area contributed by atoms with Gasteiger partial charge in [0.1, 0.15) is 0 Å². The molecule has 1 aromatic rings. The topological polar surface area (TPSA) is 78.7 Å². The molecule has 23 heavy (non-hydrogen) atoms. The van der Waals surface area contributed by atoms with Crippen molar-refractivity contribution in [1.82, 2.24) is 10.2 Å². The molecule has 0 unspecified atom stereocenters. The number of nitrogens with one attached hydrogen (secondary N) is 1. The monoisotopic (exact) mass is 316 g/mol. The number of carbonyl (C=O) groups excluding carboxylic acids is 2. The van der Waals surface area contributed by atoms with Gasteiger partial charge in [0.2, 0.25) is 0 Å². The SMILES string of the molecule is CCC[C@H]1CN(C(=O)c2cccc(N3CCNC3=O)c2)C[C@@H]1N. The van der Waals surface area contributed by atoms with E-state index >= 15 is 0 Å². The van der Waals surface area contributed by atoms with Crippen LogP contribution in [0.1, 0.15) is 30.1 Å². The summed E-state index contributed by atoms with van der Waals surface area (Å²) in [5.41, 5.74) is 7.54. The molecule has 0 saturated carbocycles. The van der Waals surface area contributed by atoms with E-state index in [9.17, 15) is 9.59 Å². The Kier molecular flexibility index (Phi) is 4.52. The summed E-state index contributed by atoms with van der Waals surface area (Å²) < 4.78 is 0. The number of hydrogen-bond acceptors (Lipinski definition) is 3. The molecule has 2 aliphatic rings. The molecule has 0 radical (unpaired) electrons. The molecule has 124 valence electrons. The van der Waals surface area contributed by atoms with E-state index in [2.05, 4.69) is 12.2 Å². The van der Waals surface area contributed by atoms with Crippen LogP contribution >= 0.6 is 0 Å². The number of amides is 3. The fourth-order valence-corrected chi connectivity index (χ4v) is 3.45. The van der Waals surface area contributed by atoms with E-state index in [1.54, 1.807) is 17.0 Å². The number of rotatable bonds is 4. The molecule has 3 rings (SSSR count).